The second-order valence-electron chi connectivity index (χ2n) is 6.55. The number of para-hydroxylation sites is 3. The first-order valence-corrected chi connectivity index (χ1v) is 10.4. The lowest BCUT2D eigenvalue weighted by atomic mass is 10.1. The van der Waals surface area contributed by atoms with Crippen LogP contribution in [0.15, 0.2) is 71.6 Å². The van der Waals surface area contributed by atoms with Crippen LogP contribution in [0, 0.1) is 13.8 Å². The number of hydrogen-bond donors (Lipinski definition) is 2. The quantitative estimate of drug-likeness (QED) is 0.632. The van der Waals surface area contributed by atoms with Crippen molar-refractivity contribution < 1.29 is 17.9 Å². The third-order valence-corrected chi connectivity index (χ3v) is 5.92. The molecule has 3 aromatic carbocycles. The van der Waals surface area contributed by atoms with Crippen LogP contribution in [0.25, 0.3) is 0 Å². The third-order valence-electron chi connectivity index (χ3n) is 4.56. The fraction of sp³-hybridized carbons (Fsp3) is 0.136. The highest BCUT2D eigenvalue weighted by atomic mass is 32.2. The number of hydrogen-bond acceptors (Lipinski definition) is 4. The third kappa shape index (κ3) is 4.57. The summed E-state index contributed by atoms with van der Waals surface area (Å²) in [5, 5.41) is 2.76. The molecule has 0 bridgehead atoms. The van der Waals surface area contributed by atoms with Gasteiger partial charge in [-0.25, -0.2) is 8.42 Å². The lowest BCUT2D eigenvalue weighted by Gasteiger charge is -2.14. The van der Waals surface area contributed by atoms with Crippen LogP contribution in [0.2, 0.25) is 0 Å². The van der Waals surface area contributed by atoms with E-state index in [2.05, 4.69) is 10.0 Å². The van der Waals surface area contributed by atoms with Crippen molar-refractivity contribution in [3.8, 4) is 5.75 Å². The van der Waals surface area contributed by atoms with Gasteiger partial charge in [-0.05, 0) is 61.4 Å². The molecule has 0 aliphatic carbocycles. The van der Waals surface area contributed by atoms with Crippen LogP contribution in [0.3, 0.4) is 0 Å². The van der Waals surface area contributed by atoms with E-state index >= 15 is 0 Å². The lowest BCUT2D eigenvalue weighted by molar-refractivity contribution is 0.102. The number of nitrogens with one attached hydrogen (secondary N) is 2. The number of rotatable bonds is 6. The number of amides is 1. The highest BCUT2D eigenvalue weighted by Gasteiger charge is 2.19. The molecule has 0 saturated carbocycles. The summed E-state index contributed by atoms with van der Waals surface area (Å²) in [6.07, 6.45) is 0. The maximum atomic E-state index is 12.8. The van der Waals surface area contributed by atoms with E-state index < -0.39 is 15.9 Å². The van der Waals surface area contributed by atoms with Gasteiger partial charge < -0.3 is 10.1 Å². The van der Waals surface area contributed by atoms with Gasteiger partial charge in [0, 0.05) is 0 Å². The van der Waals surface area contributed by atoms with Crippen molar-refractivity contribution in [1.29, 1.82) is 0 Å². The SMILES string of the molecule is COc1ccccc1NC(=O)c1ccccc1NS(=O)(=O)c1ccc(C)c(C)c1. The van der Waals surface area contributed by atoms with Crippen molar-refractivity contribution in [2.24, 2.45) is 0 Å². The molecule has 0 aromatic heterocycles. The molecule has 7 heteroatoms. The van der Waals surface area contributed by atoms with Crippen molar-refractivity contribution in [2.75, 3.05) is 17.1 Å². The standard InChI is InChI=1S/C22H22N2O4S/c1-15-12-13-17(14-16(15)2)29(26,27)24-19-9-5-4-8-18(19)22(25)23-20-10-6-7-11-21(20)28-3/h4-14,24H,1-3H3,(H,23,25). The van der Waals surface area contributed by atoms with E-state index in [4.69, 9.17) is 4.74 Å². The van der Waals surface area contributed by atoms with Crippen LogP contribution < -0.4 is 14.8 Å². The molecule has 0 atom stereocenters. The summed E-state index contributed by atoms with van der Waals surface area (Å²) < 4.78 is 33.4. The molecule has 0 aliphatic rings. The largest absolute Gasteiger partial charge is 0.495 e. The molecule has 0 saturated heterocycles. The molecule has 0 aliphatic heterocycles. The van der Waals surface area contributed by atoms with Gasteiger partial charge in [-0.2, -0.15) is 0 Å². The van der Waals surface area contributed by atoms with Crippen LogP contribution in [-0.2, 0) is 10.0 Å². The lowest BCUT2D eigenvalue weighted by Crippen LogP contribution is -2.19. The Morgan fingerprint density at radius 2 is 1.52 bits per heavy atom. The van der Waals surface area contributed by atoms with Crippen LogP contribution in [-0.4, -0.2) is 21.4 Å². The Bertz CT molecular complexity index is 1160. The van der Waals surface area contributed by atoms with Gasteiger partial charge in [-0.15, -0.1) is 0 Å². The highest BCUT2D eigenvalue weighted by molar-refractivity contribution is 7.92. The molecular weight excluding hydrogens is 388 g/mol. The predicted octanol–water partition coefficient (Wildman–Crippen LogP) is 4.37. The van der Waals surface area contributed by atoms with Crippen LogP contribution in [0.4, 0.5) is 11.4 Å². The van der Waals surface area contributed by atoms with Crippen molar-refractivity contribution in [1.82, 2.24) is 0 Å². The minimum absolute atomic E-state index is 0.139. The van der Waals surface area contributed by atoms with Gasteiger partial charge in [0.2, 0.25) is 0 Å². The number of methoxy groups -OCH3 is 1. The van der Waals surface area contributed by atoms with E-state index in [0.29, 0.717) is 11.4 Å². The second kappa shape index (κ2) is 8.36. The number of carbonyl (C=O) groups is 1. The monoisotopic (exact) mass is 410 g/mol. The Balaban J connectivity index is 1.90. The molecule has 0 fully saturated rings. The molecule has 6 nitrogen and oxygen atoms in total. The average Bonchev–Trinajstić information content (AvgIpc) is 2.70. The van der Waals surface area contributed by atoms with E-state index in [1.165, 1.54) is 7.11 Å². The first kappa shape index (κ1) is 20.4. The van der Waals surface area contributed by atoms with Crippen molar-refractivity contribution in [3.63, 3.8) is 0 Å². The summed E-state index contributed by atoms with van der Waals surface area (Å²) in [6, 6.07) is 18.3. The highest BCUT2D eigenvalue weighted by Crippen LogP contribution is 2.26. The normalized spacial score (nSPS) is 11.0. The predicted molar refractivity (Wildman–Crippen MR) is 114 cm³/mol. The zero-order valence-electron chi connectivity index (χ0n) is 16.4. The molecule has 150 valence electrons. The Labute approximate surface area is 170 Å². The van der Waals surface area contributed by atoms with E-state index in [1.807, 2.05) is 13.8 Å². The molecule has 0 heterocycles. The minimum Gasteiger partial charge on any atom is -0.495 e. The Morgan fingerprint density at radius 3 is 2.21 bits per heavy atom. The van der Waals surface area contributed by atoms with Gasteiger partial charge >= 0.3 is 0 Å². The molecular formula is C22H22N2O4S. The van der Waals surface area contributed by atoms with Crippen molar-refractivity contribution in [3.05, 3.63) is 83.4 Å². The van der Waals surface area contributed by atoms with Crippen LogP contribution in [0.1, 0.15) is 21.5 Å². The first-order chi connectivity index (χ1) is 13.8. The molecule has 2 N–H and O–H groups in total. The van der Waals surface area contributed by atoms with E-state index in [9.17, 15) is 13.2 Å². The summed E-state index contributed by atoms with van der Waals surface area (Å²) in [7, 11) is -2.34. The van der Waals surface area contributed by atoms with E-state index in [-0.39, 0.29) is 16.1 Å². The summed E-state index contributed by atoms with van der Waals surface area (Å²) in [5.74, 6) is 0.0573. The summed E-state index contributed by atoms with van der Waals surface area (Å²) >= 11 is 0. The molecule has 29 heavy (non-hydrogen) atoms. The maximum absolute atomic E-state index is 12.8. The van der Waals surface area contributed by atoms with Crippen molar-refractivity contribution >= 4 is 27.3 Å². The van der Waals surface area contributed by atoms with E-state index in [1.54, 1.807) is 66.7 Å². The number of aryl methyl sites for hydroxylation is 2. The zero-order chi connectivity index (χ0) is 21.0. The van der Waals surface area contributed by atoms with Gasteiger partial charge in [-0.1, -0.05) is 30.3 Å². The van der Waals surface area contributed by atoms with Gasteiger partial charge in [-0.3, -0.25) is 9.52 Å². The number of anilines is 2. The number of ether oxygens (including phenoxy) is 1. The Kier molecular flexibility index (Phi) is 5.89. The minimum atomic E-state index is -3.85. The first-order valence-electron chi connectivity index (χ1n) is 8.95. The molecule has 3 rings (SSSR count). The molecule has 0 radical (unpaired) electrons. The van der Waals surface area contributed by atoms with Gasteiger partial charge in [0.05, 0.1) is 28.9 Å². The Hall–Kier alpha value is -3.32. The van der Waals surface area contributed by atoms with Crippen LogP contribution >= 0.6 is 0 Å². The fourth-order valence-corrected chi connectivity index (χ4v) is 3.96. The molecule has 0 unspecified atom stereocenters. The van der Waals surface area contributed by atoms with Crippen molar-refractivity contribution in [2.45, 2.75) is 18.7 Å². The van der Waals surface area contributed by atoms with Gasteiger partial charge in [0.15, 0.2) is 0 Å². The number of sulfonamides is 1. The number of benzene rings is 3. The smallest absolute Gasteiger partial charge is 0.261 e. The zero-order valence-corrected chi connectivity index (χ0v) is 17.2. The fourth-order valence-electron chi connectivity index (χ4n) is 2.79. The molecule has 0 spiro atoms. The van der Waals surface area contributed by atoms with Gasteiger partial charge in [0.1, 0.15) is 5.75 Å². The molecule has 3 aromatic rings. The summed E-state index contributed by atoms with van der Waals surface area (Å²) in [6.45, 7) is 3.76. The van der Waals surface area contributed by atoms with Gasteiger partial charge in [0.25, 0.3) is 15.9 Å². The summed E-state index contributed by atoms with van der Waals surface area (Å²) in [4.78, 5) is 13.0. The maximum Gasteiger partial charge on any atom is 0.261 e. The van der Waals surface area contributed by atoms with E-state index in [0.717, 1.165) is 11.1 Å². The topological polar surface area (TPSA) is 84.5 Å². The second-order valence-corrected chi connectivity index (χ2v) is 8.23. The Morgan fingerprint density at radius 1 is 0.862 bits per heavy atom. The summed E-state index contributed by atoms with van der Waals surface area (Å²) in [5.41, 5.74) is 2.76. The number of carbonyl (C=O) groups excluding carboxylic acids is 1. The molecule has 1 amide bonds. The average molecular weight is 410 g/mol. The van der Waals surface area contributed by atoms with Crippen LogP contribution in [0.5, 0.6) is 5.75 Å².